The van der Waals surface area contributed by atoms with E-state index in [1.165, 1.54) is 0 Å². The van der Waals surface area contributed by atoms with Crippen LogP contribution in [0.25, 0.3) is 0 Å². The molecule has 2 unspecified atom stereocenters. The van der Waals surface area contributed by atoms with Crippen molar-refractivity contribution in [3.63, 3.8) is 0 Å². The molecule has 2 atom stereocenters. The van der Waals surface area contributed by atoms with Gasteiger partial charge in [0.1, 0.15) is 0 Å². The van der Waals surface area contributed by atoms with Crippen molar-refractivity contribution in [1.29, 1.82) is 0 Å². The lowest BCUT2D eigenvalue weighted by Crippen LogP contribution is -2.43. The molecular weight excluding hydrogens is 170 g/mol. The SMILES string of the molecule is CC(C)OC1(CN)CSC(C)C1. The number of rotatable bonds is 3. The summed E-state index contributed by atoms with van der Waals surface area (Å²) in [5.41, 5.74) is 5.71. The van der Waals surface area contributed by atoms with Gasteiger partial charge in [-0.3, -0.25) is 0 Å². The van der Waals surface area contributed by atoms with Gasteiger partial charge < -0.3 is 10.5 Å². The maximum atomic E-state index is 5.87. The molecule has 3 heteroatoms. The average Bonchev–Trinajstić information content (AvgIpc) is 2.32. The molecule has 0 bridgehead atoms. The fraction of sp³-hybridized carbons (Fsp3) is 1.00. The van der Waals surface area contributed by atoms with E-state index in [0.717, 1.165) is 12.2 Å². The molecule has 12 heavy (non-hydrogen) atoms. The van der Waals surface area contributed by atoms with Gasteiger partial charge in [0.2, 0.25) is 0 Å². The summed E-state index contributed by atoms with van der Waals surface area (Å²) in [6.45, 7) is 7.05. The predicted molar refractivity (Wildman–Crippen MR) is 54.5 cm³/mol. The van der Waals surface area contributed by atoms with Gasteiger partial charge >= 0.3 is 0 Å². The van der Waals surface area contributed by atoms with Gasteiger partial charge in [-0.1, -0.05) is 6.92 Å². The first-order valence-electron chi connectivity index (χ1n) is 4.57. The molecule has 0 radical (unpaired) electrons. The lowest BCUT2D eigenvalue weighted by atomic mass is 10.0. The smallest absolute Gasteiger partial charge is 0.0907 e. The largest absolute Gasteiger partial charge is 0.370 e. The highest BCUT2D eigenvalue weighted by Gasteiger charge is 2.38. The highest BCUT2D eigenvalue weighted by atomic mass is 32.2. The molecule has 0 spiro atoms. The van der Waals surface area contributed by atoms with Gasteiger partial charge in [0.25, 0.3) is 0 Å². The van der Waals surface area contributed by atoms with E-state index in [1.807, 2.05) is 11.8 Å². The fourth-order valence-corrected chi connectivity index (χ4v) is 3.02. The number of nitrogens with two attached hydrogens (primary N) is 1. The first-order chi connectivity index (χ1) is 5.58. The van der Waals surface area contributed by atoms with Gasteiger partial charge in [-0.05, 0) is 20.3 Å². The quantitative estimate of drug-likeness (QED) is 0.733. The first kappa shape index (κ1) is 10.4. The standard InChI is InChI=1S/C9H19NOS/c1-7(2)11-9(5-10)4-8(3)12-6-9/h7-8H,4-6,10H2,1-3H3. The zero-order valence-corrected chi connectivity index (χ0v) is 8.99. The summed E-state index contributed by atoms with van der Waals surface area (Å²) < 4.78 is 5.87. The van der Waals surface area contributed by atoms with E-state index >= 15 is 0 Å². The molecule has 0 saturated carbocycles. The van der Waals surface area contributed by atoms with Crippen LogP contribution in [0.1, 0.15) is 27.2 Å². The van der Waals surface area contributed by atoms with Crippen molar-refractivity contribution < 1.29 is 4.74 Å². The summed E-state index contributed by atoms with van der Waals surface area (Å²) >= 11 is 1.97. The first-order valence-corrected chi connectivity index (χ1v) is 5.62. The van der Waals surface area contributed by atoms with Crippen LogP contribution in [0.4, 0.5) is 0 Å². The van der Waals surface area contributed by atoms with Crippen LogP contribution >= 0.6 is 11.8 Å². The van der Waals surface area contributed by atoms with Crippen molar-refractivity contribution >= 4 is 11.8 Å². The fourth-order valence-electron chi connectivity index (χ4n) is 1.71. The van der Waals surface area contributed by atoms with E-state index in [0.29, 0.717) is 17.9 Å². The molecule has 1 aliphatic rings. The van der Waals surface area contributed by atoms with E-state index in [1.54, 1.807) is 0 Å². The Morgan fingerprint density at radius 1 is 1.67 bits per heavy atom. The molecule has 1 aliphatic heterocycles. The maximum absolute atomic E-state index is 5.87. The van der Waals surface area contributed by atoms with Gasteiger partial charge in [0, 0.05) is 17.5 Å². The molecule has 2 N–H and O–H groups in total. The van der Waals surface area contributed by atoms with Crippen LogP contribution in [0.2, 0.25) is 0 Å². The Bertz CT molecular complexity index is 151. The number of hydrogen-bond donors (Lipinski definition) is 1. The second-order valence-corrected chi connectivity index (χ2v) is 5.31. The minimum absolute atomic E-state index is 0.0295. The van der Waals surface area contributed by atoms with E-state index in [-0.39, 0.29) is 5.60 Å². The third-order valence-electron chi connectivity index (χ3n) is 2.15. The normalized spacial score (nSPS) is 36.2. The third-order valence-corrected chi connectivity index (χ3v) is 3.58. The van der Waals surface area contributed by atoms with E-state index < -0.39 is 0 Å². The van der Waals surface area contributed by atoms with Crippen molar-refractivity contribution in [3.05, 3.63) is 0 Å². The van der Waals surface area contributed by atoms with Crippen LogP contribution in [-0.4, -0.2) is 29.3 Å². The van der Waals surface area contributed by atoms with Crippen molar-refractivity contribution in [3.8, 4) is 0 Å². The Kier molecular flexibility index (Phi) is 3.44. The molecule has 1 heterocycles. The van der Waals surface area contributed by atoms with Gasteiger partial charge in [-0.15, -0.1) is 0 Å². The summed E-state index contributed by atoms with van der Waals surface area (Å²) in [6.07, 6.45) is 1.39. The number of thioether (sulfide) groups is 1. The number of hydrogen-bond acceptors (Lipinski definition) is 3. The van der Waals surface area contributed by atoms with Crippen LogP contribution < -0.4 is 5.73 Å². The molecule has 1 rings (SSSR count). The minimum atomic E-state index is -0.0295. The van der Waals surface area contributed by atoms with Crippen molar-refractivity contribution in [2.24, 2.45) is 5.73 Å². The molecule has 0 amide bonds. The minimum Gasteiger partial charge on any atom is -0.370 e. The lowest BCUT2D eigenvalue weighted by molar-refractivity contribution is -0.0583. The number of ether oxygens (including phenoxy) is 1. The zero-order valence-electron chi connectivity index (χ0n) is 8.17. The van der Waals surface area contributed by atoms with E-state index in [9.17, 15) is 0 Å². The van der Waals surface area contributed by atoms with Gasteiger partial charge in [-0.2, -0.15) is 11.8 Å². The average molecular weight is 189 g/mol. The predicted octanol–water partition coefficient (Wildman–Crippen LogP) is 1.63. The Morgan fingerprint density at radius 2 is 2.33 bits per heavy atom. The van der Waals surface area contributed by atoms with Crippen LogP contribution in [0.3, 0.4) is 0 Å². The molecule has 1 saturated heterocycles. The van der Waals surface area contributed by atoms with Gasteiger partial charge in [0.15, 0.2) is 0 Å². The summed E-state index contributed by atoms with van der Waals surface area (Å²) in [6, 6.07) is 0. The maximum Gasteiger partial charge on any atom is 0.0907 e. The summed E-state index contributed by atoms with van der Waals surface area (Å²) in [5, 5.41) is 0.701. The van der Waals surface area contributed by atoms with E-state index in [2.05, 4.69) is 20.8 Å². The Hall–Kier alpha value is 0.270. The monoisotopic (exact) mass is 189 g/mol. The van der Waals surface area contributed by atoms with E-state index in [4.69, 9.17) is 10.5 Å². The second-order valence-electron chi connectivity index (χ2n) is 3.88. The molecule has 2 nitrogen and oxygen atoms in total. The zero-order chi connectivity index (χ0) is 9.19. The molecule has 0 aromatic carbocycles. The van der Waals surface area contributed by atoms with Crippen molar-refractivity contribution in [1.82, 2.24) is 0 Å². The van der Waals surface area contributed by atoms with Crippen LogP contribution in [0.15, 0.2) is 0 Å². The Labute approximate surface area is 79.2 Å². The van der Waals surface area contributed by atoms with Crippen LogP contribution in [0.5, 0.6) is 0 Å². The topological polar surface area (TPSA) is 35.2 Å². The molecule has 1 fully saturated rings. The summed E-state index contributed by atoms with van der Waals surface area (Å²) in [4.78, 5) is 0. The third kappa shape index (κ3) is 2.38. The lowest BCUT2D eigenvalue weighted by Gasteiger charge is -2.29. The molecule has 0 aromatic rings. The molecule has 0 aromatic heterocycles. The molecule has 72 valence electrons. The Balaban J connectivity index is 2.52. The highest BCUT2D eigenvalue weighted by molar-refractivity contribution is 8.00. The van der Waals surface area contributed by atoms with Crippen molar-refractivity contribution in [2.45, 2.75) is 44.1 Å². The van der Waals surface area contributed by atoms with Gasteiger partial charge in [-0.25, -0.2) is 0 Å². The molecule has 0 aliphatic carbocycles. The van der Waals surface area contributed by atoms with Crippen LogP contribution in [-0.2, 0) is 4.74 Å². The second kappa shape index (κ2) is 3.99. The van der Waals surface area contributed by atoms with Crippen LogP contribution in [0, 0.1) is 0 Å². The van der Waals surface area contributed by atoms with Crippen molar-refractivity contribution in [2.75, 3.05) is 12.3 Å². The summed E-state index contributed by atoms with van der Waals surface area (Å²) in [5.74, 6) is 1.06. The van der Waals surface area contributed by atoms with Gasteiger partial charge in [0.05, 0.1) is 11.7 Å². The summed E-state index contributed by atoms with van der Waals surface area (Å²) in [7, 11) is 0. The molecular formula is C9H19NOS. The highest BCUT2D eigenvalue weighted by Crippen LogP contribution is 2.36. The Morgan fingerprint density at radius 3 is 2.67 bits per heavy atom.